The Morgan fingerprint density at radius 3 is 2.65 bits per heavy atom. The number of amides is 2. The summed E-state index contributed by atoms with van der Waals surface area (Å²) in [5.41, 5.74) is 0. The molecular weight excluding hydrogens is 360 g/mol. The molecule has 1 fully saturated rings. The summed E-state index contributed by atoms with van der Waals surface area (Å²) in [5.74, 6) is -0.998. The van der Waals surface area contributed by atoms with Gasteiger partial charge in [0.15, 0.2) is 6.61 Å². The van der Waals surface area contributed by atoms with Crippen molar-refractivity contribution in [3.8, 4) is 5.75 Å². The van der Waals surface area contributed by atoms with Crippen molar-refractivity contribution in [3.05, 3.63) is 29.3 Å². The van der Waals surface area contributed by atoms with Gasteiger partial charge >= 0.3 is 5.97 Å². The number of hydrogen-bond donors (Lipinski definition) is 1. The van der Waals surface area contributed by atoms with Crippen LogP contribution >= 0.6 is 11.6 Å². The van der Waals surface area contributed by atoms with Crippen molar-refractivity contribution in [2.24, 2.45) is 0 Å². The van der Waals surface area contributed by atoms with Crippen LogP contribution < -0.4 is 4.74 Å². The van der Waals surface area contributed by atoms with Crippen LogP contribution in [0.25, 0.3) is 0 Å². The highest BCUT2D eigenvalue weighted by molar-refractivity contribution is 6.32. The predicted molar refractivity (Wildman–Crippen MR) is 96.2 cm³/mol. The van der Waals surface area contributed by atoms with Gasteiger partial charge in [0.05, 0.1) is 5.02 Å². The summed E-state index contributed by atoms with van der Waals surface area (Å²) in [6.45, 7) is 1.95. The third-order valence-electron chi connectivity index (χ3n) is 4.39. The molecule has 1 aromatic rings. The maximum Gasteiger partial charge on any atom is 0.323 e. The minimum absolute atomic E-state index is 0.111. The Kier molecular flexibility index (Phi) is 7.26. The van der Waals surface area contributed by atoms with Crippen LogP contribution in [0.3, 0.4) is 0 Å². The number of rotatable bonds is 6. The van der Waals surface area contributed by atoms with Crippen LogP contribution in [0.1, 0.15) is 26.2 Å². The highest BCUT2D eigenvalue weighted by Gasteiger charge is 2.27. The Bertz CT molecular complexity index is 667. The van der Waals surface area contributed by atoms with E-state index in [4.69, 9.17) is 21.4 Å². The molecule has 1 aliphatic heterocycles. The Labute approximate surface area is 157 Å². The first-order chi connectivity index (χ1) is 12.4. The Hall–Kier alpha value is -2.28. The van der Waals surface area contributed by atoms with Gasteiger partial charge in [-0.15, -0.1) is 0 Å². The highest BCUT2D eigenvalue weighted by Crippen LogP contribution is 2.23. The molecule has 26 heavy (non-hydrogen) atoms. The van der Waals surface area contributed by atoms with E-state index in [1.165, 1.54) is 11.8 Å². The summed E-state index contributed by atoms with van der Waals surface area (Å²) in [4.78, 5) is 38.2. The molecule has 1 heterocycles. The molecule has 142 valence electrons. The SMILES string of the molecule is CC(=O)N(CC(=O)O)C1CCCN(C(=O)COc2ccccc2Cl)CC1. The summed E-state index contributed by atoms with van der Waals surface area (Å²) in [7, 11) is 0. The van der Waals surface area contributed by atoms with Gasteiger partial charge in [-0.1, -0.05) is 23.7 Å². The van der Waals surface area contributed by atoms with Gasteiger partial charge in [-0.3, -0.25) is 14.4 Å². The third-order valence-corrected chi connectivity index (χ3v) is 4.70. The number of nitrogens with zero attached hydrogens (tertiary/aromatic N) is 2. The first-order valence-corrected chi connectivity index (χ1v) is 8.90. The molecule has 1 unspecified atom stereocenters. The number of carboxylic acids is 1. The molecule has 0 aliphatic carbocycles. The van der Waals surface area contributed by atoms with Gasteiger partial charge in [-0.25, -0.2) is 0 Å². The van der Waals surface area contributed by atoms with Crippen molar-refractivity contribution < 1.29 is 24.2 Å². The topological polar surface area (TPSA) is 87.2 Å². The lowest BCUT2D eigenvalue weighted by Gasteiger charge is -2.28. The molecule has 1 aromatic carbocycles. The number of likely N-dealkylation sites (tertiary alicyclic amines) is 1. The van der Waals surface area contributed by atoms with Gasteiger partial charge in [-0.05, 0) is 31.4 Å². The molecule has 0 saturated carbocycles. The van der Waals surface area contributed by atoms with E-state index >= 15 is 0 Å². The lowest BCUT2D eigenvalue weighted by atomic mass is 10.1. The van der Waals surface area contributed by atoms with Crippen molar-refractivity contribution in [3.63, 3.8) is 0 Å². The summed E-state index contributed by atoms with van der Waals surface area (Å²) >= 11 is 6.01. The number of hydrogen-bond acceptors (Lipinski definition) is 4. The fourth-order valence-corrected chi connectivity index (χ4v) is 3.27. The highest BCUT2D eigenvalue weighted by atomic mass is 35.5. The van der Waals surface area contributed by atoms with Crippen LogP contribution in [0.4, 0.5) is 0 Å². The summed E-state index contributed by atoms with van der Waals surface area (Å²) in [6, 6.07) is 6.78. The van der Waals surface area contributed by atoms with Gasteiger partial charge in [0.25, 0.3) is 5.91 Å². The van der Waals surface area contributed by atoms with Crippen LogP contribution in [0.15, 0.2) is 24.3 Å². The first kappa shape index (κ1) is 20.0. The zero-order valence-electron chi connectivity index (χ0n) is 14.7. The van der Waals surface area contributed by atoms with Crippen LogP contribution in [-0.2, 0) is 14.4 Å². The lowest BCUT2D eigenvalue weighted by molar-refractivity contribution is -0.145. The molecule has 0 spiro atoms. The molecule has 7 nitrogen and oxygen atoms in total. The summed E-state index contributed by atoms with van der Waals surface area (Å²) in [6.07, 6.45) is 1.92. The van der Waals surface area contributed by atoms with Crippen LogP contribution in [0.2, 0.25) is 5.02 Å². The van der Waals surface area contributed by atoms with Crippen LogP contribution in [0, 0.1) is 0 Å². The predicted octanol–water partition coefficient (Wildman–Crippen LogP) is 2.03. The maximum absolute atomic E-state index is 12.4. The van der Waals surface area contributed by atoms with Gasteiger partial charge in [-0.2, -0.15) is 0 Å². The number of halogens is 1. The Balaban J connectivity index is 1.90. The second-order valence-corrected chi connectivity index (χ2v) is 6.63. The van der Waals surface area contributed by atoms with Gasteiger partial charge < -0.3 is 19.6 Å². The number of ether oxygens (including phenoxy) is 1. The number of carbonyl (C=O) groups is 3. The van der Waals surface area contributed by atoms with Crippen molar-refractivity contribution in [1.82, 2.24) is 9.80 Å². The van der Waals surface area contributed by atoms with E-state index in [1.54, 1.807) is 29.2 Å². The minimum atomic E-state index is -1.04. The van der Waals surface area contributed by atoms with E-state index in [1.807, 2.05) is 0 Å². The molecule has 0 radical (unpaired) electrons. The van der Waals surface area contributed by atoms with Gasteiger partial charge in [0.1, 0.15) is 12.3 Å². The molecule has 0 aromatic heterocycles. The van der Waals surface area contributed by atoms with Gasteiger partial charge in [0.2, 0.25) is 5.91 Å². The van der Waals surface area contributed by atoms with Crippen molar-refractivity contribution in [1.29, 1.82) is 0 Å². The zero-order chi connectivity index (χ0) is 19.1. The first-order valence-electron chi connectivity index (χ1n) is 8.52. The number of aliphatic carboxylic acids is 1. The maximum atomic E-state index is 12.4. The lowest BCUT2D eigenvalue weighted by Crippen LogP contribution is -2.43. The molecule has 8 heteroatoms. The molecule has 1 aliphatic rings. The summed E-state index contributed by atoms with van der Waals surface area (Å²) in [5, 5.41) is 9.44. The van der Waals surface area contributed by atoms with E-state index in [9.17, 15) is 14.4 Å². The van der Waals surface area contributed by atoms with Crippen molar-refractivity contribution in [2.75, 3.05) is 26.2 Å². The smallest absolute Gasteiger partial charge is 0.323 e. The summed E-state index contributed by atoms with van der Waals surface area (Å²) < 4.78 is 5.49. The molecule has 2 amide bonds. The van der Waals surface area contributed by atoms with E-state index in [-0.39, 0.29) is 31.0 Å². The quantitative estimate of drug-likeness (QED) is 0.813. The number of carboxylic acid groups (broad SMARTS) is 1. The van der Waals surface area contributed by atoms with Crippen LogP contribution in [-0.4, -0.2) is 65.0 Å². The van der Waals surface area contributed by atoms with E-state index in [0.717, 1.165) is 0 Å². The molecule has 1 atom stereocenters. The number of para-hydroxylation sites is 1. The second-order valence-electron chi connectivity index (χ2n) is 6.23. The van der Waals surface area contributed by atoms with Crippen LogP contribution in [0.5, 0.6) is 5.75 Å². The third kappa shape index (κ3) is 5.62. The number of benzene rings is 1. The van der Waals surface area contributed by atoms with E-state index < -0.39 is 5.97 Å². The standard InChI is InChI=1S/C18H23ClN2O5/c1-13(22)21(11-18(24)25)14-5-4-9-20(10-8-14)17(23)12-26-16-7-3-2-6-15(16)19/h2-3,6-7,14H,4-5,8-12H2,1H3,(H,24,25). The van der Waals surface area contributed by atoms with Crippen molar-refractivity contribution >= 4 is 29.4 Å². The normalized spacial score (nSPS) is 17.3. The zero-order valence-corrected chi connectivity index (χ0v) is 15.4. The number of carbonyl (C=O) groups excluding carboxylic acids is 2. The molecule has 1 N–H and O–H groups in total. The average Bonchev–Trinajstić information content (AvgIpc) is 2.84. The Morgan fingerprint density at radius 2 is 2.00 bits per heavy atom. The monoisotopic (exact) mass is 382 g/mol. The average molecular weight is 383 g/mol. The fourth-order valence-electron chi connectivity index (χ4n) is 3.08. The molecular formula is C18H23ClN2O5. The van der Waals surface area contributed by atoms with Gasteiger partial charge in [0, 0.05) is 26.1 Å². The van der Waals surface area contributed by atoms with E-state index in [0.29, 0.717) is 43.1 Å². The molecule has 2 rings (SSSR count). The van der Waals surface area contributed by atoms with Crippen molar-refractivity contribution in [2.45, 2.75) is 32.2 Å². The Morgan fingerprint density at radius 1 is 1.27 bits per heavy atom. The molecule has 1 saturated heterocycles. The largest absolute Gasteiger partial charge is 0.482 e. The minimum Gasteiger partial charge on any atom is -0.482 e. The fraction of sp³-hybridized carbons (Fsp3) is 0.500. The molecule has 0 bridgehead atoms. The van der Waals surface area contributed by atoms with E-state index in [2.05, 4.69) is 0 Å². The second kappa shape index (κ2) is 9.43.